The van der Waals surface area contributed by atoms with Crippen molar-refractivity contribution < 1.29 is 14.7 Å². The van der Waals surface area contributed by atoms with Crippen LogP contribution in [-0.4, -0.2) is 35.0 Å². The predicted molar refractivity (Wildman–Crippen MR) is 74.9 cm³/mol. The summed E-state index contributed by atoms with van der Waals surface area (Å²) in [6.45, 7) is 2.85. The van der Waals surface area contributed by atoms with E-state index in [2.05, 4.69) is 0 Å². The van der Waals surface area contributed by atoms with Gasteiger partial charge in [-0.05, 0) is 25.7 Å². The van der Waals surface area contributed by atoms with Gasteiger partial charge in [0.15, 0.2) is 0 Å². The summed E-state index contributed by atoms with van der Waals surface area (Å²) < 4.78 is 0. The van der Waals surface area contributed by atoms with Crippen molar-refractivity contribution >= 4 is 11.9 Å². The molecule has 4 nitrogen and oxygen atoms in total. The monoisotopic (exact) mass is 269 g/mol. The summed E-state index contributed by atoms with van der Waals surface area (Å²) in [4.78, 5) is 24.1. The van der Waals surface area contributed by atoms with Gasteiger partial charge in [-0.2, -0.15) is 0 Å². The molecule has 110 valence electrons. The van der Waals surface area contributed by atoms with Crippen LogP contribution in [0.5, 0.6) is 0 Å². The van der Waals surface area contributed by atoms with E-state index >= 15 is 0 Å². The van der Waals surface area contributed by atoms with Crippen molar-refractivity contribution in [2.45, 2.75) is 64.7 Å². The van der Waals surface area contributed by atoms with Crippen LogP contribution in [0.4, 0.5) is 0 Å². The van der Waals surface area contributed by atoms with Gasteiger partial charge in [-0.15, -0.1) is 0 Å². The second kappa shape index (κ2) is 8.94. The molecule has 1 aliphatic rings. The van der Waals surface area contributed by atoms with Crippen LogP contribution in [-0.2, 0) is 9.59 Å². The molecule has 0 spiro atoms. The van der Waals surface area contributed by atoms with Crippen molar-refractivity contribution in [1.29, 1.82) is 0 Å². The predicted octanol–water partition coefficient (Wildman–Crippen LogP) is 3.06. The lowest BCUT2D eigenvalue weighted by Gasteiger charge is -2.23. The molecule has 0 atom stereocenters. The molecule has 4 heteroatoms. The molecule has 0 heterocycles. The fourth-order valence-electron chi connectivity index (χ4n) is 2.87. The molecule has 0 radical (unpaired) electrons. The Bertz CT molecular complexity index is 285. The summed E-state index contributed by atoms with van der Waals surface area (Å²) in [6.07, 6.45) is 9.43. The first kappa shape index (κ1) is 16.0. The number of nitrogens with zero attached hydrogens (tertiary/aromatic N) is 1. The van der Waals surface area contributed by atoms with Crippen LogP contribution < -0.4 is 0 Å². The topological polar surface area (TPSA) is 57.6 Å². The molecule has 0 unspecified atom stereocenters. The lowest BCUT2D eigenvalue weighted by atomic mass is 9.86. The lowest BCUT2D eigenvalue weighted by molar-refractivity contribution is -0.138. The zero-order valence-electron chi connectivity index (χ0n) is 12.1. The van der Waals surface area contributed by atoms with Gasteiger partial charge in [-0.1, -0.05) is 32.1 Å². The molecule has 1 rings (SSSR count). The Hall–Kier alpha value is -1.06. The van der Waals surface area contributed by atoms with Crippen LogP contribution in [0.1, 0.15) is 64.7 Å². The highest BCUT2D eigenvalue weighted by molar-refractivity contribution is 5.77. The van der Waals surface area contributed by atoms with Gasteiger partial charge >= 0.3 is 5.97 Å². The summed E-state index contributed by atoms with van der Waals surface area (Å²) in [5.74, 6) is 0.0867. The van der Waals surface area contributed by atoms with Crippen molar-refractivity contribution in [3.05, 3.63) is 0 Å². The maximum Gasteiger partial charge on any atom is 0.305 e. The second-order valence-electron chi connectivity index (χ2n) is 5.51. The van der Waals surface area contributed by atoms with Crippen LogP contribution in [0.15, 0.2) is 0 Å². The van der Waals surface area contributed by atoms with Crippen LogP contribution in [0.3, 0.4) is 0 Å². The van der Waals surface area contributed by atoms with Gasteiger partial charge in [0.05, 0.1) is 6.42 Å². The van der Waals surface area contributed by atoms with Gasteiger partial charge in [-0.3, -0.25) is 9.59 Å². The van der Waals surface area contributed by atoms with Gasteiger partial charge in [-0.25, -0.2) is 0 Å². The zero-order chi connectivity index (χ0) is 14.1. The van der Waals surface area contributed by atoms with Gasteiger partial charge in [0.25, 0.3) is 0 Å². The minimum absolute atomic E-state index is 0.0439. The Morgan fingerprint density at radius 2 is 1.84 bits per heavy atom. The molecule has 1 amide bonds. The van der Waals surface area contributed by atoms with Crippen molar-refractivity contribution in [1.82, 2.24) is 4.90 Å². The van der Waals surface area contributed by atoms with Crippen molar-refractivity contribution in [3.63, 3.8) is 0 Å². The minimum Gasteiger partial charge on any atom is -0.481 e. The maximum absolute atomic E-state index is 12.0. The third-order valence-corrected chi connectivity index (χ3v) is 4.06. The highest BCUT2D eigenvalue weighted by Gasteiger charge is 2.16. The third kappa shape index (κ3) is 6.60. The number of carbonyl (C=O) groups is 2. The smallest absolute Gasteiger partial charge is 0.305 e. The fourth-order valence-corrected chi connectivity index (χ4v) is 2.87. The fraction of sp³-hybridized carbons (Fsp3) is 0.867. The number of carboxylic acid groups (broad SMARTS) is 1. The number of amides is 1. The molecule has 1 aliphatic carbocycles. The van der Waals surface area contributed by atoms with Gasteiger partial charge in [0.1, 0.15) is 0 Å². The van der Waals surface area contributed by atoms with E-state index in [1.165, 1.54) is 32.1 Å². The quantitative estimate of drug-likeness (QED) is 0.736. The van der Waals surface area contributed by atoms with Crippen LogP contribution in [0.25, 0.3) is 0 Å². The Morgan fingerprint density at radius 3 is 2.42 bits per heavy atom. The molecule has 1 fully saturated rings. The molecule has 1 N–H and O–H groups in total. The van der Waals surface area contributed by atoms with Crippen LogP contribution in [0.2, 0.25) is 0 Å². The first-order valence-corrected chi connectivity index (χ1v) is 7.63. The summed E-state index contributed by atoms with van der Waals surface area (Å²) in [5, 5.41) is 8.65. The summed E-state index contributed by atoms with van der Waals surface area (Å²) in [7, 11) is 0. The van der Waals surface area contributed by atoms with E-state index in [1.54, 1.807) is 4.90 Å². The van der Waals surface area contributed by atoms with Gasteiger partial charge < -0.3 is 10.0 Å². The summed E-state index contributed by atoms with van der Waals surface area (Å²) in [6, 6.07) is 0. The highest BCUT2D eigenvalue weighted by Crippen LogP contribution is 2.27. The van der Waals surface area contributed by atoms with Crippen LogP contribution in [0, 0.1) is 5.92 Å². The number of rotatable bonds is 8. The first-order valence-electron chi connectivity index (χ1n) is 7.63. The highest BCUT2D eigenvalue weighted by atomic mass is 16.4. The average Bonchev–Trinajstić information content (AvgIpc) is 2.40. The van der Waals surface area contributed by atoms with E-state index in [-0.39, 0.29) is 12.3 Å². The lowest BCUT2D eigenvalue weighted by Crippen LogP contribution is -2.32. The van der Waals surface area contributed by atoms with E-state index in [0.29, 0.717) is 19.5 Å². The molecule has 0 aromatic rings. The third-order valence-electron chi connectivity index (χ3n) is 4.06. The van der Waals surface area contributed by atoms with Crippen molar-refractivity contribution in [2.24, 2.45) is 5.92 Å². The maximum atomic E-state index is 12.0. The molecule has 0 saturated heterocycles. The summed E-state index contributed by atoms with van der Waals surface area (Å²) >= 11 is 0. The van der Waals surface area contributed by atoms with E-state index in [9.17, 15) is 9.59 Å². The largest absolute Gasteiger partial charge is 0.481 e. The Morgan fingerprint density at radius 1 is 1.16 bits per heavy atom. The standard InChI is InChI=1S/C15H27NO3/c1-2-16(12-11-15(18)19)14(17)10-6-9-13-7-4-3-5-8-13/h13H,2-12H2,1H3,(H,18,19). The number of carboxylic acids is 1. The number of hydrogen-bond acceptors (Lipinski definition) is 2. The van der Waals surface area contributed by atoms with Crippen LogP contribution >= 0.6 is 0 Å². The number of aliphatic carboxylic acids is 1. The second-order valence-corrected chi connectivity index (χ2v) is 5.51. The Labute approximate surface area is 116 Å². The molecule has 0 bridgehead atoms. The number of carbonyl (C=O) groups excluding carboxylic acids is 1. The first-order chi connectivity index (χ1) is 9.13. The van der Waals surface area contributed by atoms with Crippen molar-refractivity contribution in [3.8, 4) is 0 Å². The molecule has 19 heavy (non-hydrogen) atoms. The number of hydrogen-bond donors (Lipinski definition) is 1. The average molecular weight is 269 g/mol. The van der Waals surface area contributed by atoms with E-state index in [0.717, 1.165) is 18.8 Å². The zero-order valence-corrected chi connectivity index (χ0v) is 12.1. The van der Waals surface area contributed by atoms with Crippen molar-refractivity contribution in [2.75, 3.05) is 13.1 Å². The molecular weight excluding hydrogens is 242 g/mol. The van der Waals surface area contributed by atoms with E-state index in [4.69, 9.17) is 5.11 Å². The van der Waals surface area contributed by atoms with E-state index < -0.39 is 5.97 Å². The minimum atomic E-state index is -0.839. The normalized spacial score (nSPS) is 16.3. The molecule has 1 saturated carbocycles. The molecule has 0 aromatic heterocycles. The Balaban J connectivity index is 2.18. The van der Waals surface area contributed by atoms with Gasteiger partial charge in [0.2, 0.25) is 5.91 Å². The van der Waals surface area contributed by atoms with E-state index in [1.807, 2.05) is 6.92 Å². The Kier molecular flexibility index (Phi) is 7.53. The molecule has 0 aliphatic heterocycles. The summed E-state index contributed by atoms with van der Waals surface area (Å²) in [5.41, 5.74) is 0. The molecule has 0 aromatic carbocycles. The van der Waals surface area contributed by atoms with Gasteiger partial charge in [0, 0.05) is 19.5 Å². The SMILES string of the molecule is CCN(CCC(=O)O)C(=O)CCCC1CCCCC1. The molecular formula is C15H27NO3.